The number of benzene rings is 6. The van der Waals surface area contributed by atoms with E-state index in [0.29, 0.717) is 22.5 Å². The Morgan fingerprint density at radius 2 is 0.837 bits per heavy atom. The first-order chi connectivity index (χ1) is 21.1. The summed E-state index contributed by atoms with van der Waals surface area (Å²) >= 11 is 0. The SMILES string of the molecule is N#Cc1ccc(-c2ccc(B(c3ccc(-c4ccccc4)cc3N)c3ccc(-c4ccccc4)cc3N)cc2)cc1C#N. The van der Waals surface area contributed by atoms with Crippen LogP contribution in [0.25, 0.3) is 33.4 Å². The molecule has 0 atom stereocenters. The Hall–Kier alpha value is -6.04. The quantitative estimate of drug-likeness (QED) is 0.193. The van der Waals surface area contributed by atoms with Crippen molar-refractivity contribution in [3.8, 4) is 45.5 Å². The normalized spacial score (nSPS) is 10.5. The average Bonchev–Trinajstić information content (AvgIpc) is 3.07. The lowest BCUT2D eigenvalue weighted by atomic mass is 9.36. The van der Waals surface area contributed by atoms with Crippen LogP contribution in [0.4, 0.5) is 11.4 Å². The molecule has 202 valence electrons. The molecule has 0 aliphatic rings. The van der Waals surface area contributed by atoms with Gasteiger partial charge >= 0.3 is 0 Å². The Balaban J connectivity index is 1.45. The molecule has 0 unspecified atom stereocenters. The predicted octanol–water partition coefficient (Wildman–Crippen LogP) is 6.11. The maximum absolute atomic E-state index is 9.50. The van der Waals surface area contributed by atoms with Crippen molar-refractivity contribution < 1.29 is 0 Å². The van der Waals surface area contributed by atoms with Gasteiger partial charge in [-0.1, -0.05) is 121 Å². The van der Waals surface area contributed by atoms with Gasteiger partial charge in [-0.25, -0.2) is 0 Å². The summed E-state index contributed by atoms with van der Waals surface area (Å²) in [5, 5.41) is 18.8. The molecule has 6 rings (SSSR count). The number of rotatable bonds is 6. The topological polar surface area (TPSA) is 99.6 Å². The fourth-order valence-corrected chi connectivity index (χ4v) is 5.60. The van der Waals surface area contributed by atoms with Gasteiger partial charge in [0.05, 0.1) is 11.1 Å². The number of nitriles is 2. The molecular weight excluding hydrogens is 523 g/mol. The molecule has 4 N–H and O–H groups in total. The van der Waals surface area contributed by atoms with E-state index in [4.69, 9.17) is 11.5 Å². The van der Waals surface area contributed by atoms with Crippen LogP contribution < -0.4 is 27.9 Å². The predicted molar refractivity (Wildman–Crippen MR) is 179 cm³/mol. The molecule has 5 heteroatoms. The van der Waals surface area contributed by atoms with E-state index in [1.165, 1.54) is 0 Å². The van der Waals surface area contributed by atoms with Crippen LogP contribution in [-0.4, -0.2) is 6.71 Å². The van der Waals surface area contributed by atoms with E-state index in [2.05, 4.69) is 72.8 Å². The largest absolute Gasteiger partial charge is 0.399 e. The van der Waals surface area contributed by atoms with Gasteiger partial charge in [-0.05, 0) is 68.6 Å². The zero-order valence-electron chi connectivity index (χ0n) is 23.4. The van der Waals surface area contributed by atoms with Crippen LogP contribution in [0.2, 0.25) is 0 Å². The Kier molecular flexibility index (Phi) is 7.47. The first-order valence-electron chi connectivity index (χ1n) is 14.0. The molecule has 0 bridgehead atoms. The molecule has 4 nitrogen and oxygen atoms in total. The minimum absolute atomic E-state index is 0.209. The lowest BCUT2D eigenvalue weighted by Crippen LogP contribution is -2.53. The molecule has 0 heterocycles. The molecule has 0 aromatic heterocycles. The van der Waals surface area contributed by atoms with E-state index in [1.807, 2.05) is 66.7 Å². The maximum atomic E-state index is 9.50. The van der Waals surface area contributed by atoms with Crippen molar-refractivity contribution in [3.63, 3.8) is 0 Å². The van der Waals surface area contributed by atoms with E-state index in [9.17, 15) is 10.5 Å². The van der Waals surface area contributed by atoms with Crippen LogP contribution in [0.5, 0.6) is 0 Å². The fourth-order valence-electron chi connectivity index (χ4n) is 5.60. The van der Waals surface area contributed by atoms with Gasteiger partial charge in [-0.3, -0.25) is 0 Å². The summed E-state index contributed by atoms with van der Waals surface area (Å²) in [5.74, 6) is 0. The molecule has 6 aromatic carbocycles. The van der Waals surface area contributed by atoms with Crippen molar-refractivity contribution in [1.29, 1.82) is 10.5 Å². The molecule has 0 radical (unpaired) electrons. The number of nitrogen functional groups attached to an aromatic ring is 2. The number of nitrogens with two attached hydrogens (primary N) is 2. The Bertz CT molecular complexity index is 1920. The van der Waals surface area contributed by atoms with Gasteiger partial charge in [0.2, 0.25) is 6.71 Å². The Morgan fingerprint density at radius 1 is 0.419 bits per heavy atom. The third-order valence-corrected chi connectivity index (χ3v) is 7.85. The van der Waals surface area contributed by atoms with E-state index >= 15 is 0 Å². The van der Waals surface area contributed by atoms with Gasteiger partial charge in [-0.2, -0.15) is 10.5 Å². The number of hydrogen-bond donors (Lipinski definition) is 2. The summed E-state index contributed by atoms with van der Waals surface area (Å²) < 4.78 is 0. The van der Waals surface area contributed by atoms with Crippen molar-refractivity contribution in [2.75, 3.05) is 11.5 Å². The van der Waals surface area contributed by atoms with Crippen LogP contribution in [0, 0.1) is 22.7 Å². The molecule has 0 saturated heterocycles. The summed E-state index contributed by atoms with van der Waals surface area (Å²) in [7, 11) is 0. The monoisotopic (exact) mass is 550 g/mol. The van der Waals surface area contributed by atoms with E-state index in [-0.39, 0.29) is 6.71 Å². The fraction of sp³-hybridized carbons (Fsp3) is 0. The second-order valence-electron chi connectivity index (χ2n) is 10.5. The van der Waals surface area contributed by atoms with Crippen LogP contribution in [-0.2, 0) is 0 Å². The van der Waals surface area contributed by atoms with Crippen LogP contribution >= 0.6 is 0 Å². The molecular formula is C38H27BN4. The van der Waals surface area contributed by atoms with Gasteiger partial charge in [-0.15, -0.1) is 0 Å². The van der Waals surface area contributed by atoms with E-state index < -0.39 is 0 Å². The third-order valence-electron chi connectivity index (χ3n) is 7.85. The van der Waals surface area contributed by atoms with Crippen molar-refractivity contribution in [1.82, 2.24) is 0 Å². The van der Waals surface area contributed by atoms with Crippen molar-refractivity contribution in [2.24, 2.45) is 0 Å². The van der Waals surface area contributed by atoms with Gasteiger partial charge in [0.1, 0.15) is 12.1 Å². The maximum Gasteiger partial charge on any atom is 0.246 e. The highest BCUT2D eigenvalue weighted by atomic mass is 14.6. The summed E-state index contributed by atoms with van der Waals surface area (Å²) in [4.78, 5) is 0. The second-order valence-corrected chi connectivity index (χ2v) is 10.5. The van der Waals surface area contributed by atoms with Crippen molar-refractivity contribution >= 4 is 34.5 Å². The third kappa shape index (κ3) is 5.49. The van der Waals surface area contributed by atoms with Gasteiger partial charge in [0.15, 0.2) is 0 Å². The zero-order valence-corrected chi connectivity index (χ0v) is 23.4. The molecule has 0 fully saturated rings. The van der Waals surface area contributed by atoms with Crippen LogP contribution in [0.3, 0.4) is 0 Å². The zero-order chi connectivity index (χ0) is 29.8. The lowest BCUT2D eigenvalue weighted by molar-refractivity contribution is 1.43. The van der Waals surface area contributed by atoms with Gasteiger partial charge in [0, 0.05) is 11.4 Å². The minimum Gasteiger partial charge on any atom is -0.399 e. The highest BCUT2D eigenvalue weighted by Gasteiger charge is 2.26. The first kappa shape index (κ1) is 27.2. The number of nitrogens with zero attached hydrogens (tertiary/aromatic N) is 2. The van der Waals surface area contributed by atoms with Gasteiger partial charge < -0.3 is 11.5 Å². The van der Waals surface area contributed by atoms with E-state index in [0.717, 1.165) is 49.8 Å². The summed E-state index contributed by atoms with van der Waals surface area (Å²) in [6.45, 7) is -0.209. The molecule has 0 saturated carbocycles. The minimum atomic E-state index is -0.209. The smallest absolute Gasteiger partial charge is 0.246 e. The summed E-state index contributed by atoms with van der Waals surface area (Å²) in [6.07, 6.45) is 0. The molecule has 0 amide bonds. The standard InChI is InChI=1S/C38H27BN4/c40-24-32-12-11-29(21-33(32)25-41)28-13-17-34(18-14-28)39(35-19-15-30(22-37(35)42)26-7-3-1-4-8-26)36-20-16-31(23-38(36)43)27-9-5-2-6-10-27/h1-23H,42-43H2. The molecule has 43 heavy (non-hydrogen) atoms. The van der Waals surface area contributed by atoms with Crippen LogP contribution in [0.15, 0.2) is 140 Å². The number of hydrogen-bond acceptors (Lipinski definition) is 4. The van der Waals surface area contributed by atoms with Crippen molar-refractivity contribution in [3.05, 3.63) is 151 Å². The average molecular weight is 550 g/mol. The molecule has 0 aliphatic carbocycles. The molecule has 0 aliphatic heterocycles. The Labute approximate surface area is 252 Å². The van der Waals surface area contributed by atoms with Crippen LogP contribution in [0.1, 0.15) is 11.1 Å². The first-order valence-corrected chi connectivity index (χ1v) is 14.0. The Morgan fingerprint density at radius 3 is 1.30 bits per heavy atom. The highest BCUT2D eigenvalue weighted by Crippen LogP contribution is 2.25. The summed E-state index contributed by atoms with van der Waals surface area (Å²) in [5.41, 5.74) is 24.8. The molecule has 6 aromatic rings. The van der Waals surface area contributed by atoms with E-state index in [1.54, 1.807) is 12.1 Å². The highest BCUT2D eigenvalue weighted by molar-refractivity contribution is 6.97. The number of anilines is 2. The summed E-state index contributed by atoms with van der Waals surface area (Å²) in [6, 6.07) is 50.6. The van der Waals surface area contributed by atoms with Crippen molar-refractivity contribution in [2.45, 2.75) is 0 Å². The van der Waals surface area contributed by atoms with Gasteiger partial charge in [0.25, 0.3) is 0 Å². The lowest BCUT2D eigenvalue weighted by Gasteiger charge is -2.21. The molecule has 0 spiro atoms. The second kappa shape index (κ2) is 11.8.